The number of aromatic nitrogens is 5. The fourth-order valence-corrected chi connectivity index (χ4v) is 4.35. The maximum Gasteiger partial charge on any atom is 0.318 e. The Labute approximate surface area is 194 Å². The third-order valence-electron chi connectivity index (χ3n) is 5.79. The number of carbonyl (C=O) groups excluding carboxylic acids is 1. The summed E-state index contributed by atoms with van der Waals surface area (Å²) in [4.78, 5) is 53.5. The number of fused-ring (bicyclic) bond motifs is 1. The number of anilines is 1. The number of rotatable bonds is 6. The highest BCUT2D eigenvalue weighted by molar-refractivity contribution is 6.31. The molecule has 3 aromatic rings. The number of primary amides is 1. The highest BCUT2D eigenvalue weighted by Crippen LogP contribution is 2.26. The number of piperidine rings is 1. The molecule has 2 N–H and O–H groups in total. The van der Waals surface area contributed by atoms with Gasteiger partial charge in [-0.3, -0.25) is 23.9 Å². The third-order valence-corrected chi connectivity index (χ3v) is 6.00. The number of aryl methyl sites for hydroxylation is 1. The molecule has 0 unspecified atom stereocenters. The van der Waals surface area contributed by atoms with Crippen LogP contribution in [0, 0.1) is 0 Å². The van der Waals surface area contributed by atoms with Crippen LogP contribution in [0.15, 0.2) is 34.2 Å². The maximum atomic E-state index is 12.8. The minimum atomic E-state index is -0.603. The summed E-state index contributed by atoms with van der Waals surface area (Å²) in [6.07, 6.45) is 6.23. The second-order valence-electron chi connectivity index (χ2n) is 8.28. The molecule has 12 heteroatoms. The van der Waals surface area contributed by atoms with E-state index in [1.54, 1.807) is 37.5 Å². The first kappa shape index (κ1) is 22.9. The molecular formula is C21H25ClN8O3. The van der Waals surface area contributed by atoms with Gasteiger partial charge in [0, 0.05) is 56.9 Å². The van der Waals surface area contributed by atoms with Crippen molar-refractivity contribution in [2.45, 2.75) is 25.4 Å². The highest BCUT2D eigenvalue weighted by atomic mass is 35.5. The molecule has 3 aromatic heterocycles. The fraction of sp³-hybridized carbons (Fsp3) is 0.429. The molecule has 0 aliphatic carbocycles. The molecule has 1 aliphatic heterocycles. The molecule has 0 atom stereocenters. The maximum absolute atomic E-state index is 12.8. The summed E-state index contributed by atoms with van der Waals surface area (Å²) >= 11 is 6.06. The van der Waals surface area contributed by atoms with Gasteiger partial charge in [0.05, 0.1) is 17.1 Å². The SMILES string of the molecule is CN(CC(N)=O)Cc1cnc(N2CCC(n3c(=O)c(=O)n(C)c4cc(Cl)cnc43)CC2)nc1. The molecule has 0 radical (unpaired) electrons. The highest BCUT2D eigenvalue weighted by Gasteiger charge is 2.26. The van der Waals surface area contributed by atoms with Gasteiger partial charge in [-0.15, -0.1) is 0 Å². The Bertz CT molecular complexity index is 1300. The van der Waals surface area contributed by atoms with Crippen LogP contribution in [-0.2, 0) is 18.4 Å². The third kappa shape index (κ3) is 4.74. The molecule has 174 valence electrons. The van der Waals surface area contributed by atoms with Gasteiger partial charge in [0.15, 0.2) is 5.65 Å². The number of hydrogen-bond donors (Lipinski definition) is 1. The molecule has 1 saturated heterocycles. The van der Waals surface area contributed by atoms with Crippen LogP contribution in [0.25, 0.3) is 11.2 Å². The lowest BCUT2D eigenvalue weighted by molar-refractivity contribution is -0.118. The van der Waals surface area contributed by atoms with Gasteiger partial charge in [-0.1, -0.05) is 11.6 Å². The van der Waals surface area contributed by atoms with Crippen LogP contribution in [0.5, 0.6) is 0 Å². The quantitative estimate of drug-likeness (QED) is 0.506. The van der Waals surface area contributed by atoms with E-state index >= 15 is 0 Å². The molecule has 0 spiro atoms. The molecular weight excluding hydrogens is 448 g/mol. The lowest BCUT2D eigenvalue weighted by atomic mass is 10.0. The van der Waals surface area contributed by atoms with Crippen molar-refractivity contribution in [1.82, 2.24) is 29.0 Å². The fourth-order valence-electron chi connectivity index (χ4n) is 4.20. The second kappa shape index (κ2) is 9.28. The Morgan fingerprint density at radius 3 is 2.45 bits per heavy atom. The first-order valence-corrected chi connectivity index (χ1v) is 10.9. The van der Waals surface area contributed by atoms with Gasteiger partial charge < -0.3 is 15.2 Å². The van der Waals surface area contributed by atoms with Crippen molar-refractivity contribution in [3.63, 3.8) is 0 Å². The zero-order chi connectivity index (χ0) is 23.7. The van der Waals surface area contributed by atoms with Crippen LogP contribution in [0.2, 0.25) is 5.02 Å². The molecule has 11 nitrogen and oxygen atoms in total. The molecule has 4 rings (SSSR count). The van der Waals surface area contributed by atoms with E-state index in [2.05, 4.69) is 15.0 Å². The number of carbonyl (C=O) groups is 1. The number of nitrogens with zero attached hydrogens (tertiary/aromatic N) is 7. The van der Waals surface area contributed by atoms with E-state index in [1.807, 2.05) is 4.90 Å². The number of amides is 1. The van der Waals surface area contributed by atoms with E-state index in [4.69, 9.17) is 17.3 Å². The normalized spacial score (nSPS) is 14.8. The smallest absolute Gasteiger partial charge is 0.318 e. The summed E-state index contributed by atoms with van der Waals surface area (Å²) in [5, 5.41) is 0.402. The van der Waals surface area contributed by atoms with Crippen LogP contribution in [-0.4, -0.2) is 61.6 Å². The molecule has 4 heterocycles. The second-order valence-corrected chi connectivity index (χ2v) is 8.72. The van der Waals surface area contributed by atoms with Crippen molar-refractivity contribution in [3.05, 3.63) is 56.0 Å². The molecule has 1 amide bonds. The molecule has 0 bridgehead atoms. The summed E-state index contributed by atoms with van der Waals surface area (Å²) in [6, 6.07) is 1.48. The number of pyridine rings is 1. The van der Waals surface area contributed by atoms with Crippen LogP contribution in [0.4, 0.5) is 5.95 Å². The lowest BCUT2D eigenvalue weighted by Crippen LogP contribution is -2.45. The minimum absolute atomic E-state index is 0.160. The van der Waals surface area contributed by atoms with Crippen molar-refractivity contribution >= 4 is 34.6 Å². The van der Waals surface area contributed by atoms with Gasteiger partial charge in [-0.2, -0.15) is 0 Å². The van der Waals surface area contributed by atoms with Gasteiger partial charge in [0.1, 0.15) is 0 Å². The van der Waals surface area contributed by atoms with Crippen LogP contribution in [0.1, 0.15) is 24.4 Å². The van der Waals surface area contributed by atoms with E-state index in [0.29, 0.717) is 54.6 Å². The standard InChI is InChI=1S/C21H25ClN8O3/c1-27(12-17(23)31)11-13-8-25-21(26-9-13)29-5-3-15(4-6-29)30-18-16(7-14(22)10-24-18)28(2)19(32)20(30)33/h7-10,15H,3-6,11-12H2,1-2H3,(H2,23,31). The van der Waals surface area contributed by atoms with Crippen molar-refractivity contribution in [3.8, 4) is 0 Å². The topological polar surface area (TPSA) is 132 Å². The monoisotopic (exact) mass is 472 g/mol. The van der Waals surface area contributed by atoms with Gasteiger partial charge in [-0.05, 0) is 26.0 Å². The van der Waals surface area contributed by atoms with Gasteiger partial charge >= 0.3 is 11.1 Å². The van der Waals surface area contributed by atoms with E-state index in [0.717, 1.165) is 5.56 Å². The van der Waals surface area contributed by atoms with Crippen LogP contribution >= 0.6 is 11.6 Å². The number of likely N-dealkylation sites (N-methyl/N-ethyl adjacent to an activating group) is 1. The molecule has 1 aliphatic rings. The first-order valence-electron chi connectivity index (χ1n) is 10.5. The summed E-state index contributed by atoms with van der Waals surface area (Å²) in [5.74, 6) is 0.209. The Kier molecular flexibility index (Phi) is 6.43. The predicted octanol–water partition coefficient (Wildman–Crippen LogP) is 0.297. The van der Waals surface area contributed by atoms with Crippen molar-refractivity contribution in [2.24, 2.45) is 12.8 Å². The van der Waals surface area contributed by atoms with Crippen molar-refractivity contribution in [1.29, 1.82) is 0 Å². The number of halogens is 1. The molecule has 1 fully saturated rings. The zero-order valence-corrected chi connectivity index (χ0v) is 19.2. The molecule has 0 saturated carbocycles. The molecule has 0 aromatic carbocycles. The van der Waals surface area contributed by atoms with E-state index < -0.39 is 11.1 Å². The number of nitrogens with two attached hydrogens (primary N) is 1. The first-order chi connectivity index (χ1) is 15.7. The average Bonchev–Trinajstić information content (AvgIpc) is 2.78. The lowest BCUT2D eigenvalue weighted by Gasteiger charge is -2.33. The summed E-state index contributed by atoms with van der Waals surface area (Å²) in [6.45, 7) is 1.93. The number of hydrogen-bond acceptors (Lipinski definition) is 8. The Balaban J connectivity index is 1.50. The summed E-state index contributed by atoms with van der Waals surface area (Å²) in [7, 11) is 3.35. The Morgan fingerprint density at radius 2 is 1.82 bits per heavy atom. The zero-order valence-electron chi connectivity index (χ0n) is 18.4. The van der Waals surface area contributed by atoms with Crippen molar-refractivity contribution in [2.75, 3.05) is 31.6 Å². The van der Waals surface area contributed by atoms with E-state index in [-0.39, 0.29) is 18.5 Å². The summed E-state index contributed by atoms with van der Waals surface area (Å²) < 4.78 is 2.79. The average molecular weight is 473 g/mol. The molecule has 33 heavy (non-hydrogen) atoms. The van der Waals surface area contributed by atoms with Crippen molar-refractivity contribution < 1.29 is 4.79 Å². The Hall–Kier alpha value is -3.31. The largest absolute Gasteiger partial charge is 0.369 e. The van der Waals surface area contributed by atoms with E-state index in [1.165, 1.54) is 15.3 Å². The minimum Gasteiger partial charge on any atom is -0.369 e. The summed E-state index contributed by atoms with van der Waals surface area (Å²) in [5.41, 5.74) is 5.88. The predicted molar refractivity (Wildman–Crippen MR) is 124 cm³/mol. The Morgan fingerprint density at radius 1 is 1.15 bits per heavy atom. The van der Waals surface area contributed by atoms with Crippen LogP contribution in [0.3, 0.4) is 0 Å². The van der Waals surface area contributed by atoms with Gasteiger partial charge in [-0.25, -0.2) is 15.0 Å². The van der Waals surface area contributed by atoms with E-state index in [9.17, 15) is 14.4 Å². The van der Waals surface area contributed by atoms with Gasteiger partial charge in [0.25, 0.3) is 0 Å². The van der Waals surface area contributed by atoms with Gasteiger partial charge in [0.2, 0.25) is 11.9 Å². The van der Waals surface area contributed by atoms with Crippen LogP contribution < -0.4 is 21.8 Å².